The lowest BCUT2D eigenvalue weighted by molar-refractivity contribution is -0.143. The van der Waals surface area contributed by atoms with Gasteiger partial charge in [-0.2, -0.15) is 26.3 Å². The average Bonchev–Trinajstić information content (AvgIpc) is 3.23. The molecule has 1 aromatic rings. The van der Waals surface area contributed by atoms with Gasteiger partial charge in [0.2, 0.25) is 11.8 Å². The van der Waals surface area contributed by atoms with E-state index in [0.717, 1.165) is 11.1 Å². The molecule has 1 aliphatic heterocycles. The Bertz CT molecular complexity index is 877. The number of alkyl halides is 6. The molecule has 0 radical (unpaired) electrons. The van der Waals surface area contributed by atoms with Crippen LogP contribution in [0.5, 0.6) is 0 Å². The van der Waals surface area contributed by atoms with E-state index in [2.05, 4.69) is 0 Å². The van der Waals surface area contributed by atoms with Gasteiger partial charge < -0.3 is 0 Å². The Morgan fingerprint density at radius 1 is 0.828 bits per heavy atom. The predicted molar refractivity (Wildman–Crippen MR) is 90.5 cm³/mol. The van der Waals surface area contributed by atoms with Crippen LogP contribution in [0, 0.1) is 23.7 Å². The molecule has 0 unspecified atom stereocenters. The summed E-state index contributed by atoms with van der Waals surface area (Å²) in [7, 11) is 0. The highest BCUT2D eigenvalue weighted by atomic mass is 19.4. The predicted octanol–water partition coefficient (Wildman–Crippen LogP) is 5.21. The number of benzene rings is 1. The standard InChI is InChI=1S/C20H17F6NO2/c1-8(2)14-12-3-4-13(14)16-15(12)17(28)27(18(16)29)11-6-9(19(21,22)23)5-10(7-11)20(24,25)26/h5-7,12-13,15-16H,3-4H2,1-2H3/t12-,13+,15+,16-. The maximum absolute atomic E-state index is 13.2. The third-order valence-corrected chi connectivity index (χ3v) is 6.26. The van der Waals surface area contributed by atoms with Crippen LogP contribution in [0.15, 0.2) is 29.3 Å². The maximum atomic E-state index is 13.2. The van der Waals surface area contributed by atoms with Gasteiger partial charge in [0.25, 0.3) is 0 Å². The molecule has 0 aromatic heterocycles. The Morgan fingerprint density at radius 2 is 1.24 bits per heavy atom. The summed E-state index contributed by atoms with van der Waals surface area (Å²) in [5.41, 5.74) is -1.71. The number of imide groups is 1. The lowest BCUT2D eigenvalue weighted by atomic mass is 9.81. The summed E-state index contributed by atoms with van der Waals surface area (Å²) in [6.07, 6.45) is -8.72. The fourth-order valence-electron chi connectivity index (χ4n) is 5.31. The molecular weight excluding hydrogens is 400 g/mol. The molecule has 3 nitrogen and oxygen atoms in total. The van der Waals surface area contributed by atoms with Crippen molar-refractivity contribution >= 4 is 17.5 Å². The van der Waals surface area contributed by atoms with E-state index < -0.39 is 52.8 Å². The number of fused-ring (bicyclic) bond motifs is 5. The Balaban J connectivity index is 1.81. The highest BCUT2D eigenvalue weighted by Crippen LogP contribution is 2.60. The lowest BCUT2D eigenvalue weighted by Gasteiger charge is -2.21. The second-order valence-electron chi connectivity index (χ2n) is 8.07. The first-order valence-corrected chi connectivity index (χ1v) is 9.17. The smallest absolute Gasteiger partial charge is 0.274 e. The number of allylic oxidation sites excluding steroid dienone is 2. The van der Waals surface area contributed by atoms with Crippen molar-refractivity contribution < 1.29 is 35.9 Å². The van der Waals surface area contributed by atoms with E-state index in [4.69, 9.17) is 0 Å². The van der Waals surface area contributed by atoms with Crippen molar-refractivity contribution in [3.05, 3.63) is 40.5 Å². The molecule has 4 atom stereocenters. The van der Waals surface area contributed by atoms with E-state index in [0.29, 0.717) is 29.9 Å². The third-order valence-electron chi connectivity index (χ3n) is 6.26. The van der Waals surface area contributed by atoms with Crippen molar-refractivity contribution in [3.8, 4) is 0 Å². The van der Waals surface area contributed by atoms with Crippen molar-refractivity contribution in [1.29, 1.82) is 0 Å². The Labute approximate surface area is 162 Å². The lowest BCUT2D eigenvalue weighted by Crippen LogP contribution is -2.33. The molecular formula is C20H17F6NO2. The Morgan fingerprint density at radius 3 is 1.59 bits per heavy atom. The van der Waals surface area contributed by atoms with E-state index in [1.807, 2.05) is 13.8 Å². The monoisotopic (exact) mass is 417 g/mol. The summed E-state index contributed by atoms with van der Waals surface area (Å²) in [5, 5.41) is 0. The first kappa shape index (κ1) is 20.0. The van der Waals surface area contributed by atoms with E-state index in [1.165, 1.54) is 0 Å². The number of nitrogens with zero attached hydrogens (tertiary/aromatic N) is 1. The van der Waals surface area contributed by atoms with Crippen LogP contribution in [0.4, 0.5) is 32.0 Å². The molecule has 9 heteroatoms. The van der Waals surface area contributed by atoms with E-state index in [9.17, 15) is 35.9 Å². The normalized spacial score (nSPS) is 29.1. The number of hydrogen-bond donors (Lipinski definition) is 0. The van der Waals surface area contributed by atoms with Crippen LogP contribution in [-0.2, 0) is 21.9 Å². The van der Waals surface area contributed by atoms with Gasteiger partial charge in [0.05, 0.1) is 28.7 Å². The topological polar surface area (TPSA) is 37.4 Å². The molecule has 1 saturated heterocycles. The van der Waals surface area contributed by atoms with Crippen molar-refractivity contribution in [2.24, 2.45) is 23.7 Å². The summed E-state index contributed by atoms with van der Waals surface area (Å²) in [5.74, 6) is -3.20. The Hall–Kier alpha value is -2.32. The number of carbonyl (C=O) groups is 2. The van der Waals surface area contributed by atoms with Gasteiger partial charge in [-0.1, -0.05) is 11.1 Å². The molecule has 2 saturated carbocycles. The van der Waals surface area contributed by atoms with Crippen LogP contribution < -0.4 is 4.90 Å². The first-order chi connectivity index (χ1) is 13.3. The second-order valence-corrected chi connectivity index (χ2v) is 8.07. The Kier molecular flexibility index (Phi) is 4.19. The number of anilines is 1. The number of carbonyl (C=O) groups excluding carboxylic acids is 2. The summed E-state index contributed by atoms with van der Waals surface area (Å²) in [4.78, 5) is 26.5. The first-order valence-electron chi connectivity index (χ1n) is 9.17. The zero-order valence-electron chi connectivity index (χ0n) is 15.5. The largest absolute Gasteiger partial charge is 0.416 e. The number of rotatable bonds is 1. The van der Waals surface area contributed by atoms with Gasteiger partial charge in [0, 0.05) is 0 Å². The molecule has 3 aliphatic rings. The van der Waals surface area contributed by atoms with Crippen molar-refractivity contribution in [3.63, 3.8) is 0 Å². The minimum absolute atomic E-state index is 0.0136. The molecule has 3 fully saturated rings. The third kappa shape index (κ3) is 2.88. The molecule has 1 aromatic carbocycles. The SMILES string of the molecule is CC(C)=C1[C@H]2CC[C@@H]1[C@H]1C(=O)N(c3cc(C(F)(F)F)cc(C(F)(F)F)c3)C(=O)[C@H]12. The van der Waals surface area contributed by atoms with E-state index >= 15 is 0 Å². The molecule has 2 aliphatic carbocycles. The van der Waals surface area contributed by atoms with Gasteiger partial charge in [0.15, 0.2) is 0 Å². The van der Waals surface area contributed by atoms with Crippen LogP contribution >= 0.6 is 0 Å². The molecule has 0 N–H and O–H groups in total. The molecule has 1 heterocycles. The van der Waals surface area contributed by atoms with Crippen molar-refractivity contribution in [1.82, 2.24) is 0 Å². The molecule has 2 amide bonds. The fraction of sp³-hybridized carbons (Fsp3) is 0.500. The van der Waals surface area contributed by atoms with Crippen LogP contribution in [0.1, 0.15) is 37.8 Å². The van der Waals surface area contributed by atoms with Crippen LogP contribution in [0.2, 0.25) is 0 Å². The van der Waals surface area contributed by atoms with Crippen molar-refractivity contribution in [2.75, 3.05) is 4.90 Å². The number of amides is 2. The molecule has 2 bridgehead atoms. The van der Waals surface area contributed by atoms with E-state index in [-0.39, 0.29) is 17.9 Å². The summed E-state index contributed by atoms with van der Waals surface area (Å²) < 4.78 is 79.0. The van der Waals surface area contributed by atoms with Crippen LogP contribution in [0.25, 0.3) is 0 Å². The summed E-state index contributed by atoms with van der Waals surface area (Å²) in [6, 6.07) is 0.867. The summed E-state index contributed by atoms with van der Waals surface area (Å²) in [6.45, 7) is 3.77. The molecule has 156 valence electrons. The zero-order chi connectivity index (χ0) is 21.5. The van der Waals surface area contributed by atoms with E-state index in [1.54, 1.807) is 0 Å². The highest BCUT2D eigenvalue weighted by Gasteiger charge is 2.63. The van der Waals surface area contributed by atoms with Gasteiger partial charge in [-0.25, -0.2) is 4.90 Å². The molecule has 0 spiro atoms. The quantitative estimate of drug-likeness (QED) is 0.358. The highest BCUT2D eigenvalue weighted by molar-refractivity contribution is 6.23. The van der Waals surface area contributed by atoms with Gasteiger partial charge in [-0.15, -0.1) is 0 Å². The number of halogens is 6. The molecule has 29 heavy (non-hydrogen) atoms. The zero-order valence-corrected chi connectivity index (χ0v) is 15.5. The van der Waals surface area contributed by atoms with Crippen LogP contribution in [-0.4, -0.2) is 11.8 Å². The van der Waals surface area contributed by atoms with Crippen molar-refractivity contribution in [2.45, 2.75) is 39.0 Å². The van der Waals surface area contributed by atoms with Gasteiger partial charge in [-0.05, 0) is 56.7 Å². The van der Waals surface area contributed by atoms with Crippen LogP contribution in [0.3, 0.4) is 0 Å². The van der Waals surface area contributed by atoms with Gasteiger partial charge in [0.1, 0.15) is 0 Å². The van der Waals surface area contributed by atoms with Gasteiger partial charge >= 0.3 is 12.4 Å². The summed E-state index contributed by atoms with van der Waals surface area (Å²) >= 11 is 0. The minimum atomic E-state index is -5.05. The number of hydrogen-bond acceptors (Lipinski definition) is 2. The second kappa shape index (κ2) is 6.09. The maximum Gasteiger partial charge on any atom is 0.416 e. The molecule has 4 rings (SSSR count). The average molecular weight is 417 g/mol. The minimum Gasteiger partial charge on any atom is -0.274 e. The fourth-order valence-corrected chi connectivity index (χ4v) is 5.31. The van der Waals surface area contributed by atoms with Gasteiger partial charge in [-0.3, -0.25) is 9.59 Å².